The van der Waals surface area contributed by atoms with E-state index in [-0.39, 0.29) is 65.3 Å². The Balaban J connectivity index is 0.00000272. The summed E-state index contributed by atoms with van der Waals surface area (Å²) in [5.41, 5.74) is 1.33. The maximum atomic E-state index is 14.1. The zero-order valence-electron chi connectivity index (χ0n) is 18.0. The van der Waals surface area contributed by atoms with E-state index in [2.05, 4.69) is 27.8 Å². The van der Waals surface area contributed by atoms with Gasteiger partial charge in [0.2, 0.25) is 11.8 Å². The molecule has 1 aromatic carbocycles. The molecule has 168 valence electrons. The minimum atomic E-state index is -0.276. The number of halogens is 2. The highest BCUT2D eigenvalue weighted by Crippen LogP contribution is 2.52. The summed E-state index contributed by atoms with van der Waals surface area (Å²) < 4.78 is 14.1. The molecule has 2 aliphatic carbocycles. The number of carbonyl (C=O) groups is 2. The van der Waals surface area contributed by atoms with Crippen LogP contribution in [-0.4, -0.2) is 56.9 Å². The minimum Gasteiger partial charge on any atom is -0.375 e. The molecular formula is C22H29FIN5O2. The number of nitrogens with zero attached hydrogens (tertiary/aromatic N) is 3. The van der Waals surface area contributed by atoms with Crippen LogP contribution in [-0.2, 0) is 16.1 Å². The van der Waals surface area contributed by atoms with Crippen LogP contribution in [0.2, 0.25) is 0 Å². The lowest BCUT2D eigenvalue weighted by atomic mass is 9.85. The summed E-state index contributed by atoms with van der Waals surface area (Å²) in [6.07, 6.45) is 5.13. The molecule has 4 rings (SSSR count). The first-order chi connectivity index (χ1) is 14.4. The van der Waals surface area contributed by atoms with Crippen molar-refractivity contribution in [3.05, 3.63) is 41.7 Å². The molecule has 1 aliphatic heterocycles. The number of likely N-dealkylation sites (tertiary alicyclic amines) is 1. The molecule has 1 saturated heterocycles. The maximum absolute atomic E-state index is 14.1. The topological polar surface area (TPSA) is 77.0 Å². The van der Waals surface area contributed by atoms with E-state index in [1.165, 1.54) is 11.0 Å². The van der Waals surface area contributed by atoms with Crippen LogP contribution >= 0.6 is 24.0 Å². The van der Waals surface area contributed by atoms with Crippen molar-refractivity contribution in [2.75, 3.05) is 39.1 Å². The van der Waals surface area contributed by atoms with Crippen LogP contribution in [0.1, 0.15) is 12.0 Å². The first-order valence-corrected chi connectivity index (χ1v) is 10.3. The molecule has 0 aromatic heterocycles. The number of guanidine groups is 1. The van der Waals surface area contributed by atoms with Gasteiger partial charge in [0.05, 0.1) is 17.5 Å². The number of fused-ring (bicyclic) bond motifs is 5. The highest BCUT2D eigenvalue weighted by molar-refractivity contribution is 14.0. The van der Waals surface area contributed by atoms with E-state index >= 15 is 0 Å². The number of hydrogen-bond acceptors (Lipinski definition) is 4. The molecule has 4 unspecified atom stereocenters. The van der Waals surface area contributed by atoms with Gasteiger partial charge in [-0.05, 0) is 36.0 Å². The third-order valence-electron chi connectivity index (χ3n) is 6.37. The normalized spacial score (nSPS) is 26.2. The van der Waals surface area contributed by atoms with Crippen molar-refractivity contribution < 1.29 is 14.0 Å². The second-order valence-electron chi connectivity index (χ2n) is 8.36. The van der Waals surface area contributed by atoms with Gasteiger partial charge in [-0.25, -0.2) is 4.39 Å². The lowest BCUT2D eigenvalue weighted by Gasteiger charge is -2.19. The van der Waals surface area contributed by atoms with Gasteiger partial charge in [-0.1, -0.05) is 18.2 Å². The summed E-state index contributed by atoms with van der Waals surface area (Å²) in [6.45, 7) is 1.13. The molecule has 2 bridgehead atoms. The number of nitrogens with one attached hydrogen (secondary N) is 2. The van der Waals surface area contributed by atoms with Gasteiger partial charge in [-0.15, -0.1) is 24.0 Å². The van der Waals surface area contributed by atoms with Gasteiger partial charge in [-0.2, -0.15) is 0 Å². The third-order valence-corrected chi connectivity index (χ3v) is 6.37. The summed E-state index contributed by atoms with van der Waals surface area (Å²) >= 11 is 0. The van der Waals surface area contributed by atoms with Gasteiger partial charge in [0.15, 0.2) is 5.96 Å². The first-order valence-electron chi connectivity index (χ1n) is 10.3. The quantitative estimate of drug-likeness (QED) is 0.190. The number of allylic oxidation sites excluding steroid dienone is 2. The van der Waals surface area contributed by atoms with E-state index in [0.29, 0.717) is 31.3 Å². The number of amides is 2. The molecule has 2 fully saturated rings. The average Bonchev–Trinajstić information content (AvgIpc) is 3.39. The van der Waals surface area contributed by atoms with Gasteiger partial charge in [0.1, 0.15) is 5.82 Å². The molecule has 1 heterocycles. The fraction of sp³-hybridized carbons (Fsp3) is 0.500. The lowest BCUT2D eigenvalue weighted by Crippen LogP contribution is -2.43. The second-order valence-corrected chi connectivity index (χ2v) is 8.36. The summed E-state index contributed by atoms with van der Waals surface area (Å²) in [4.78, 5) is 32.7. The molecule has 9 heteroatoms. The molecule has 0 radical (unpaired) electrons. The van der Waals surface area contributed by atoms with Crippen LogP contribution in [0.4, 0.5) is 10.1 Å². The van der Waals surface area contributed by atoms with Crippen molar-refractivity contribution in [1.29, 1.82) is 0 Å². The molecule has 1 aromatic rings. The van der Waals surface area contributed by atoms with E-state index in [0.717, 1.165) is 12.0 Å². The van der Waals surface area contributed by atoms with Gasteiger partial charge < -0.3 is 15.5 Å². The number of rotatable bonds is 6. The Bertz CT molecular complexity index is 889. The second kappa shape index (κ2) is 9.54. The first kappa shape index (κ1) is 23.5. The van der Waals surface area contributed by atoms with Gasteiger partial charge in [0, 0.05) is 40.8 Å². The minimum absolute atomic E-state index is 0. The Kier molecular flexibility index (Phi) is 7.23. The number of imide groups is 1. The largest absolute Gasteiger partial charge is 0.375 e. The van der Waals surface area contributed by atoms with Crippen LogP contribution in [0.25, 0.3) is 0 Å². The Morgan fingerprint density at radius 3 is 2.35 bits per heavy atom. The monoisotopic (exact) mass is 541 g/mol. The maximum Gasteiger partial charge on any atom is 0.233 e. The molecule has 4 atom stereocenters. The lowest BCUT2D eigenvalue weighted by molar-refractivity contribution is -0.140. The van der Waals surface area contributed by atoms with E-state index in [9.17, 15) is 14.0 Å². The van der Waals surface area contributed by atoms with Crippen molar-refractivity contribution in [1.82, 2.24) is 15.5 Å². The molecule has 3 aliphatic rings. The number of carbonyl (C=O) groups excluding carboxylic acids is 2. The average molecular weight is 541 g/mol. The number of benzene rings is 1. The fourth-order valence-corrected chi connectivity index (χ4v) is 4.90. The van der Waals surface area contributed by atoms with E-state index < -0.39 is 0 Å². The predicted octanol–water partition coefficient (Wildman–Crippen LogP) is 1.98. The van der Waals surface area contributed by atoms with Crippen LogP contribution in [0.15, 0.2) is 35.3 Å². The summed E-state index contributed by atoms with van der Waals surface area (Å²) in [5, 5.41) is 6.26. The Morgan fingerprint density at radius 2 is 1.81 bits per heavy atom. The zero-order valence-corrected chi connectivity index (χ0v) is 20.3. The van der Waals surface area contributed by atoms with Crippen molar-refractivity contribution in [2.24, 2.45) is 28.7 Å². The molecular weight excluding hydrogens is 512 g/mol. The Labute approximate surface area is 199 Å². The molecule has 0 spiro atoms. The van der Waals surface area contributed by atoms with Crippen molar-refractivity contribution >= 4 is 47.4 Å². The van der Waals surface area contributed by atoms with E-state index in [1.54, 1.807) is 32.1 Å². The predicted molar refractivity (Wildman–Crippen MR) is 129 cm³/mol. The number of aliphatic imine (C=N–C) groups is 1. The van der Waals surface area contributed by atoms with Crippen molar-refractivity contribution in [2.45, 2.75) is 13.0 Å². The fourth-order valence-electron chi connectivity index (χ4n) is 4.90. The Hall–Kier alpha value is -2.17. The van der Waals surface area contributed by atoms with Gasteiger partial charge >= 0.3 is 0 Å². The number of hydrogen-bond donors (Lipinski definition) is 2. The van der Waals surface area contributed by atoms with Crippen molar-refractivity contribution in [3.8, 4) is 0 Å². The highest BCUT2D eigenvalue weighted by atomic mass is 127. The zero-order chi connectivity index (χ0) is 21.4. The molecule has 7 nitrogen and oxygen atoms in total. The summed E-state index contributed by atoms with van der Waals surface area (Å²) in [6, 6.07) is 5.10. The molecule has 2 N–H and O–H groups in total. The van der Waals surface area contributed by atoms with Crippen molar-refractivity contribution in [3.63, 3.8) is 0 Å². The van der Waals surface area contributed by atoms with E-state index in [4.69, 9.17) is 0 Å². The standard InChI is InChI=1S/C22H28FN5O2.HI/c1-24-22(26-12-13-4-7-17(27(2)3)16(23)10-13)25-8-9-28-20(29)18-14-5-6-15(11-14)19(18)21(28)30;/h4-7,10,14-15,18-19H,8-9,11-12H2,1-3H3,(H2,24,25,26);1H. The van der Waals surface area contributed by atoms with Crippen LogP contribution in [0.3, 0.4) is 0 Å². The summed E-state index contributed by atoms with van der Waals surface area (Å²) in [7, 11) is 5.24. The van der Waals surface area contributed by atoms with E-state index in [1.807, 2.05) is 6.07 Å². The van der Waals surface area contributed by atoms with Crippen LogP contribution in [0, 0.1) is 29.5 Å². The SMILES string of the molecule is CN=C(NCCN1C(=O)C2C3C=CC(C3)C2C1=O)NCc1ccc(N(C)C)c(F)c1.I. The smallest absolute Gasteiger partial charge is 0.233 e. The van der Waals surface area contributed by atoms with Gasteiger partial charge in [0.25, 0.3) is 0 Å². The molecule has 2 amide bonds. The summed E-state index contributed by atoms with van der Waals surface area (Å²) in [5.74, 6) is 0.308. The highest BCUT2D eigenvalue weighted by Gasteiger charge is 2.58. The molecule has 31 heavy (non-hydrogen) atoms. The van der Waals surface area contributed by atoms with Crippen LogP contribution < -0.4 is 15.5 Å². The third kappa shape index (κ3) is 4.42. The van der Waals surface area contributed by atoms with Gasteiger partial charge in [-0.3, -0.25) is 19.5 Å². The number of anilines is 1. The Morgan fingerprint density at radius 1 is 1.16 bits per heavy atom. The van der Waals surface area contributed by atoms with Crippen LogP contribution in [0.5, 0.6) is 0 Å². The molecule has 1 saturated carbocycles.